The largest absolute Gasteiger partial charge is 0.309 e. The van der Waals surface area contributed by atoms with Crippen molar-refractivity contribution >= 4 is 0 Å². The molecular formula is C17H25N. The maximum atomic E-state index is 3.78. The van der Waals surface area contributed by atoms with Crippen LogP contribution in [0, 0.1) is 17.8 Å². The van der Waals surface area contributed by atoms with Crippen molar-refractivity contribution in [1.29, 1.82) is 0 Å². The zero-order chi connectivity index (χ0) is 12.5. The van der Waals surface area contributed by atoms with Gasteiger partial charge in [0.1, 0.15) is 0 Å². The van der Waals surface area contributed by atoms with Crippen LogP contribution in [-0.2, 0) is 6.42 Å². The molecule has 4 atom stereocenters. The highest BCUT2D eigenvalue weighted by molar-refractivity contribution is 5.33. The quantitative estimate of drug-likeness (QED) is 0.787. The minimum Gasteiger partial charge on any atom is -0.309 e. The lowest BCUT2D eigenvalue weighted by Gasteiger charge is -2.39. The number of benzene rings is 1. The number of hydrogen-bond donors (Lipinski definition) is 1. The number of fused-ring (bicyclic) bond motifs is 1. The second-order valence-corrected chi connectivity index (χ2v) is 6.41. The van der Waals surface area contributed by atoms with Gasteiger partial charge in [0, 0.05) is 6.04 Å². The highest BCUT2D eigenvalue weighted by atomic mass is 14.9. The molecule has 1 aliphatic carbocycles. The van der Waals surface area contributed by atoms with Crippen LogP contribution in [0.1, 0.15) is 50.3 Å². The van der Waals surface area contributed by atoms with Gasteiger partial charge in [-0.05, 0) is 54.7 Å². The van der Waals surface area contributed by atoms with E-state index in [0.29, 0.717) is 6.04 Å². The average molecular weight is 243 g/mol. The Morgan fingerprint density at radius 1 is 1.06 bits per heavy atom. The van der Waals surface area contributed by atoms with Crippen LogP contribution < -0.4 is 5.32 Å². The summed E-state index contributed by atoms with van der Waals surface area (Å²) >= 11 is 0. The third-order valence-corrected chi connectivity index (χ3v) is 5.26. The van der Waals surface area contributed by atoms with E-state index in [2.05, 4.69) is 43.4 Å². The SMILES string of the molecule is CC1CCC(C2NCCc3ccccc32)CC1C. The van der Waals surface area contributed by atoms with E-state index in [-0.39, 0.29) is 0 Å². The Labute approximate surface area is 111 Å². The highest BCUT2D eigenvalue weighted by Gasteiger charge is 2.32. The summed E-state index contributed by atoms with van der Waals surface area (Å²) in [5.74, 6) is 2.65. The predicted octanol–water partition coefficient (Wildman–Crippen LogP) is 3.95. The molecule has 1 heterocycles. The summed E-state index contributed by atoms with van der Waals surface area (Å²) < 4.78 is 0. The summed E-state index contributed by atoms with van der Waals surface area (Å²) in [5.41, 5.74) is 3.16. The first-order valence-electron chi connectivity index (χ1n) is 7.57. The molecule has 0 bridgehead atoms. The van der Waals surface area contributed by atoms with Gasteiger partial charge in [-0.25, -0.2) is 0 Å². The zero-order valence-electron chi connectivity index (χ0n) is 11.7. The highest BCUT2D eigenvalue weighted by Crippen LogP contribution is 2.41. The van der Waals surface area contributed by atoms with Crippen molar-refractivity contribution in [2.45, 2.75) is 45.6 Å². The van der Waals surface area contributed by atoms with Gasteiger partial charge in [-0.15, -0.1) is 0 Å². The molecule has 1 fully saturated rings. The lowest BCUT2D eigenvalue weighted by atomic mass is 9.71. The van der Waals surface area contributed by atoms with Crippen molar-refractivity contribution in [2.24, 2.45) is 17.8 Å². The van der Waals surface area contributed by atoms with Gasteiger partial charge in [0.25, 0.3) is 0 Å². The molecule has 1 nitrogen and oxygen atoms in total. The van der Waals surface area contributed by atoms with Gasteiger partial charge in [0.2, 0.25) is 0 Å². The molecule has 1 N–H and O–H groups in total. The molecule has 18 heavy (non-hydrogen) atoms. The second-order valence-electron chi connectivity index (χ2n) is 6.41. The first kappa shape index (κ1) is 12.2. The Balaban J connectivity index is 1.81. The molecule has 1 aliphatic heterocycles. The maximum Gasteiger partial charge on any atom is 0.0351 e. The Morgan fingerprint density at radius 2 is 1.89 bits per heavy atom. The predicted molar refractivity (Wildman–Crippen MR) is 76.6 cm³/mol. The Hall–Kier alpha value is -0.820. The molecule has 0 amide bonds. The Bertz CT molecular complexity index is 412. The molecule has 1 heteroatoms. The summed E-state index contributed by atoms with van der Waals surface area (Å²) in [6.45, 7) is 6.01. The summed E-state index contributed by atoms with van der Waals surface area (Å²) in [6, 6.07) is 9.66. The van der Waals surface area contributed by atoms with Crippen LogP contribution in [-0.4, -0.2) is 6.54 Å². The molecule has 0 saturated heterocycles. The third-order valence-electron chi connectivity index (χ3n) is 5.26. The smallest absolute Gasteiger partial charge is 0.0351 e. The molecule has 1 aromatic carbocycles. The van der Waals surface area contributed by atoms with E-state index in [4.69, 9.17) is 0 Å². The summed E-state index contributed by atoms with van der Waals surface area (Å²) in [4.78, 5) is 0. The van der Waals surface area contributed by atoms with Gasteiger partial charge in [0.05, 0.1) is 0 Å². The van der Waals surface area contributed by atoms with Gasteiger partial charge < -0.3 is 5.32 Å². The van der Waals surface area contributed by atoms with Gasteiger partial charge >= 0.3 is 0 Å². The van der Waals surface area contributed by atoms with Crippen LogP contribution in [0.4, 0.5) is 0 Å². The summed E-state index contributed by atoms with van der Waals surface area (Å²) in [6.07, 6.45) is 5.40. The minimum absolute atomic E-state index is 0.616. The number of nitrogens with one attached hydrogen (secondary N) is 1. The topological polar surface area (TPSA) is 12.0 Å². The van der Waals surface area contributed by atoms with Gasteiger partial charge in [-0.1, -0.05) is 44.5 Å². The first-order chi connectivity index (χ1) is 8.75. The van der Waals surface area contributed by atoms with Crippen molar-refractivity contribution < 1.29 is 0 Å². The van der Waals surface area contributed by atoms with Crippen LogP contribution in [0.5, 0.6) is 0 Å². The van der Waals surface area contributed by atoms with Crippen LogP contribution >= 0.6 is 0 Å². The fourth-order valence-corrected chi connectivity index (χ4v) is 3.85. The van der Waals surface area contributed by atoms with Gasteiger partial charge in [-0.2, -0.15) is 0 Å². The standard InChI is InChI=1S/C17H25N/c1-12-7-8-15(11-13(12)2)17-16-6-4-3-5-14(16)9-10-18-17/h3-6,12-13,15,17-18H,7-11H2,1-2H3. The molecule has 98 valence electrons. The van der Waals surface area contributed by atoms with Crippen LogP contribution in [0.25, 0.3) is 0 Å². The fourth-order valence-electron chi connectivity index (χ4n) is 3.85. The molecule has 0 aromatic heterocycles. The summed E-state index contributed by atoms with van der Waals surface area (Å²) in [7, 11) is 0. The van der Waals surface area contributed by atoms with E-state index in [1.807, 2.05) is 0 Å². The van der Waals surface area contributed by atoms with E-state index in [1.54, 1.807) is 11.1 Å². The monoisotopic (exact) mass is 243 g/mol. The van der Waals surface area contributed by atoms with Crippen molar-refractivity contribution in [3.05, 3.63) is 35.4 Å². The Kier molecular flexibility index (Phi) is 3.43. The lowest BCUT2D eigenvalue weighted by Crippen LogP contribution is -2.37. The molecule has 4 unspecified atom stereocenters. The van der Waals surface area contributed by atoms with Crippen molar-refractivity contribution in [3.8, 4) is 0 Å². The molecule has 3 rings (SSSR count). The van der Waals surface area contributed by atoms with E-state index in [9.17, 15) is 0 Å². The van der Waals surface area contributed by atoms with Crippen molar-refractivity contribution in [2.75, 3.05) is 6.54 Å². The van der Waals surface area contributed by atoms with E-state index in [0.717, 1.165) is 24.3 Å². The first-order valence-corrected chi connectivity index (χ1v) is 7.57. The average Bonchev–Trinajstić information content (AvgIpc) is 2.41. The van der Waals surface area contributed by atoms with Crippen LogP contribution in [0.2, 0.25) is 0 Å². The van der Waals surface area contributed by atoms with Gasteiger partial charge in [-0.3, -0.25) is 0 Å². The van der Waals surface area contributed by atoms with E-state index < -0.39 is 0 Å². The van der Waals surface area contributed by atoms with Gasteiger partial charge in [0.15, 0.2) is 0 Å². The second kappa shape index (κ2) is 5.05. The number of hydrogen-bond acceptors (Lipinski definition) is 1. The molecular weight excluding hydrogens is 218 g/mol. The normalized spacial score (nSPS) is 36.1. The molecule has 0 radical (unpaired) electrons. The van der Waals surface area contributed by atoms with Crippen LogP contribution in [0.15, 0.2) is 24.3 Å². The molecule has 0 spiro atoms. The Morgan fingerprint density at radius 3 is 2.72 bits per heavy atom. The molecule has 2 aliphatic rings. The van der Waals surface area contributed by atoms with E-state index in [1.165, 1.54) is 25.7 Å². The molecule has 1 saturated carbocycles. The van der Waals surface area contributed by atoms with Crippen molar-refractivity contribution in [3.63, 3.8) is 0 Å². The van der Waals surface area contributed by atoms with Crippen LogP contribution in [0.3, 0.4) is 0 Å². The maximum absolute atomic E-state index is 3.78. The zero-order valence-corrected chi connectivity index (χ0v) is 11.7. The number of rotatable bonds is 1. The lowest BCUT2D eigenvalue weighted by molar-refractivity contribution is 0.168. The minimum atomic E-state index is 0.616. The van der Waals surface area contributed by atoms with E-state index >= 15 is 0 Å². The molecule has 1 aromatic rings. The van der Waals surface area contributed by atoms with Crippen molar-refractivity contribution in [1.82, 2.24) is 5.32 Å². The summed E-state index contributed by atoms with van der Waals surface area (Å²) in [5, 5.41) is 3.78. The fraction of sp³-hybridized carbons (Fsp3) is 0.647. The third kappa shape index (κ3) is 2.21.